The van der Waals surface area contributed by atoms with Gasteiger partial charge in [-0.2, -0.15) is 0 Å². The number of aliphatic hydroxyl groups excluding tert-OH is 1. The second-order valence-corrected chi connectivity index (χ2v) is 18.8. The molecule has 2 spiro atoms. The number of benzene rings is 1. The molecule has 6 aliphatic heterocycles. The molecule has 7 rings (SSSR count). The van der Waals surface area contributed by atoms with Crippen LogP contribution in [0, 0.1) is 35.5 Å². The highest BCUT2D eigenvalue weighted by atomic mass is 16.8. The first-order chi connectivity index (χ1) is 27.1. The standard InChI is InChI=1S/C45H70O12/c1-12-43(39-26(3)22-34(52-39)36-25(2)21-27(4)45(55-36)24-51-41(56-45)31-13-15-32(48-9)16-14-31)18-17-35(53-43)42(8)19-20-44(57-42)23-33(46)28(5)38(54-44)29(6)37(49-10)30(7)40(47)50-11/h13-16,25-30,33-39,41,46H,12,17-24H2,1-11H3/t25-,26-,27+,28+,29-,30-,33-,34+,35+,36-,37+,38-,39+,41?,42-,43-,44+,45+/m0/s1. The van der Waals surface area contributed by atoms with Crippen LogP contribution < -0.4 is 4.74 Å². The van der Waals surface area contributed by atoms with E-state index in [4.69, 9.17) is 47.4 Å². The summed E-state index contributed by atoms with van der Waals surface area (Å²) in [5, 5.41) is 11.4. The number of rotatable bonds is 11. The summed E-state index contributed by atoms with van der Waals surface area (Å²) in [4.78, 5) is 12.5. The number of esters is 1. The lowest BCUT2D eigenvalue weighted by Crippen LogP contribution is -2.57. The van der Waals surface area contributed by atoms with Gasteiger partial charge in [0, 0.05) is 43.3 Å². The van der Waals surface area contributed by atoms with E-state index in [1.807, 2.05) is 45.0 Å². The van der Waals surface area contributed by atoms with Crippen molar-refractivity contribution in [1.82, 2.24) is 0 Å². The van der Waals surface area contributed by atoms with Crippen LogP contribution in [0.4, 0.5) is 0 Å². The summed E-state index contributed by atoms with van der Waals surface area (Å²) in [6.45, 7) is 17.3. The lowest BCUT2D eigenvalue weighted by molar-refractivity contribution is -0.336. The van der Waals surface area contributed by atoms with Crippen molar-refractivity contribution in [2.75, 3.05) is 27.9 Å². The van der Waals surface area contributed by atoms with E-state index in [0.29, 0.717) is 19.4 Å². The van der Waals surface area contributed by atoms with Crippen molar-refractivity contribution in [1.29, 1.82) is 0 Å². The van der Waals surface area contributed by atoms with E-state index in [0.717, 1.165) is 49.8 Å². The normalized spacial score (nSPS) is 46.4. The summed E-state index contributed by atoms with van der Waals surface area (Å²) in [5.41, 5.74) is -0.145. The molecule has 0 bridgehead atoms. The van der Waals surface area contributed by atoms with Crippen molar-refractivity contribution in [2.45, 2.75) is 179 Å². The van der Waals surface area contributed by atoms with Gasteiger partial charge in [-0.25, -0.2) is 0 Å². The number of carbonyl (C=O) groups is 1. The number of hydrogen-bond acceptors (Lipinski definition) is 12. The maximum atomic E-state index is 12.5. The number of hydrogen-bond donors (Lipinski definition) is 1. The second kappa shape index (κ2) is 16.5. The fourth-order valence-electron chi connectivity index (χ4n) is 11.6. The Morgan fingerprint density at radius 2 is 1.68 bits per heavy atom. The molecule has 1 N–H and O–H groups in total. The van der Waals surface area contributed by atoms with Crippen molar-refractivity contribution >= 4 is 5.97 Å². The average Bonchev–Trinajstić information content (AvgIpc) is 4.00. The Morgan fingerprint density at radius 1 is 0.947 bits per heavy atom. The molecule has 0 saturated carbocycles. The van der Waals surface area contributed by atoms with Crippen molar-refractivity contribution in [3.05, 3.63) is 29.8 Å². The van der Waals surface area contributed by atoms with E-state index >= 15 is 0 Å². The zero-order valence-corrected chi connectivity index (χ0v) is 36.2. The van der Waals surface area contributed by atoms with Gasteiger partial charge in [0.1, 0.15) is 12.4 Å². The Hall–Kier alpha value is -1.87. The smallest absolute Gasteiger partial charge is 0.311 e. The summed E-state index contributed by atoms with van der Waals surface area (Å²) in [6, 6.07) is 7.81. The van der Waals surface area contributed by atoms with E-state index in [1.54, 1.807) is 14.2 Å². The monoisotopic (exact) mass is 802 g/mol. The molecular formula is C45H70O12. The quantitative estimate of drug-likeness (QED) is 0.229. The van der Waals surface area contributed by atoms with E-state index in [2.05, 4.69) is 34.6 Å². The molecule has 0 radical (unpaired) electrons. The predicted octanol–water partition coefficient (Wildman–Crippen LogP) is 7.13. The Labute approximate surface area is 340 Å². The van der Waals surface area contributed by atoms with Gasteiger partial charge >= 0.3 is 5.97 Å². The van der Waals surface area contributed by atoms with E-state index < -0.39 is 53.3 Å². The van der Waals surface area contributed by atoms with Gasteiger partial charge in [0.25, 0.3) is 0 Å². The SMILES string of the molecule is CC[C@@]1([C@@H]2O[C@@H]([C@H]3O[C@@]4(COC(c5ccc(OC)cc5)O4)[C@H](C)C[C@@H]3C)C[C@@H]2C)CC[C@H]([C@]2(C)CC[C@]3(C[C@H](O)[C@@H](C)[C@@H]([C@@H](C)[C@@H](OC)[C@H](C)C(=O)OC)O3)O2)O1. The number of carbonyl (C=O) groups excluding carboxylic acids is 1. The minimum absolute atomic E-state index is 0.100. The average molecular weight is 803 g/mol. The van der Waals surface area contributed by atoms with Crippen LogP contribution in [0.15, 0.2) is 24.3 Å². The molecule has 18 atom stereocenters. The summed E-state index contributed by atoms with van der Waals surface area (Å²) in [6.07, 6.45) is 3.61. The fourth-order valence-corrected chi connectivity index (χ4v) is 11.6. The van der Waals surface area contributed by atoms with Gasteiger partial charge in [-0.15, -0.1) is 0 Å². The van der Waals surface area contributed by atoms with Crippen LogP contribution in [0.25, 0.3) is 0 Å². The molecule has 322 valence electrons. The number of ether oxygens (including phenoxy) is 10. The fraction of sp³-hybridized carbons (Fsp3) is 0.844. The molecule has 6 aliphatic rings. The van der Waals surface area contributed by atoms with Crippen LogP contribution in [0.5, 0.6) is 5.75 Å². The third-order valence-electron chi connectivity index (χ3n) is 15.1. The van der Waals surface area contributed by atoms with Crippen LogP contribution in [0.2, 0.25) is 0 Å². The highest BCUT2D eigenvalue weighted by Gasteiger charge is 2.63. The van der Waals surface area contributed by atoms with Crippen molar-refractivity contribution in [3.63, 3.8) is 0 Å². The Kier molecular flexibility index (Phi) is 12.5. The summed E-state index contributed by atoms with van der Waals surface area (Å²) < 4.78 is 64.5. The lowest BCUT2D eigenvalue weighted by atomic mass is 9.78. The molecule has 0 aliphatic carbocycles. The zero-order valence-electron chi connectivity index (χ0n) is 36.2. The zero-order chi connectivity index (χ0) is 41.1. The van der Waals surface area contributed by atoms with Crippen molar-refractivity contribution in [2.24, 2.45) is 35.5 Å². The van der Waals surface area contributed by atoms with Gasteiger partial charge in [0.2, 0.25) is 0 Å². The number of aliphatic hydroxyl groups is 1. The van der Waals surface area contributed by atoms with E-state index in [1.165, 1.54) is 7.11 Å². The molecule has 6 heterocycles. The molecule has 0 amide bonds. The van der Waals surface area contributed by atoms with Crippen LogP contribution in [-0.2, 0) is 47.4 Å². The van der Waals surface area contributed by atoms with Gasteiger partial charge in [-0.1, -0.05) is 53.7 Å². The van der Waals surface area contributed by atoms with Crippen molar-refractivity contribution in [3.8, 4) is 5.75 Å². The third-order valence-corrected chi connectivity index (χ3v) is 15.1. The van der Waals surface area contributed by atoms with Gasteiger partial charge in [0.15, 0.2) is 17.9 Å². The summed E-state index contributed by atoms with van der Waals surface area (Å²) in [7, 11) is 4.66. The largest absolute Gasteiger partial charge is 0.497 e. The molecule has 12 nitrogen and oxygen atoms in total. The molecule has 1 aromatic rings. The first-order valence-electron chi connectivity index (χ1n) is 21.7. The third kappa shape index (κ3) is 7.82. The van der Waals surface area contributed by atoms with Crippen molar-refractivity contribution < 1.29 is 57.3 Å². The molecule has 6 saturated heterocycles. The van der Waals surface area contributed by atoms with E-state index in [9.17, 15) is 9.90 Å². The van der Waals surface area contributed by atoms with Crippen LogP contribution in [0.3, 0.4) is 0 Å². The highest BCUT2D eigenvalue weighted by Crippen LogP contribution is 2.55. The van der Waals surface area contributed by atoms with Gasteiger partial charge in [-0.05, 0) is 76.3 Å². The molecule has 57 heavy (non-hydrogen) atoms. The van der Waals surface area contributed by atoms with Crippen LogP contribution >= 0.6 is 0 Å². The van der Waals surface area contributed by atoms with Crippen LogP contribution in [-0.4, -0.2) is 105 Å². The topological polar surface area (TPSA) is 130 Å². The molecule has 12 heteroatoms. The maximum Gasteiger partial charge on any atom is 0.311 e. The van der Waals surface area contributed by atoms with Gasteiger partial charge in [-0.3, -0.25) is 4.79 Å². The lowest BCUT2D eigenvalue weighted by Gasteiger charge is -2.49. The van der Waals surface area contributed by atoms with Gasteiger partial charge < -0.3 is 52.5 Å². The molecule has 1 aromatic carbocycles. The molecule has 0 aromatic heterocycles. The van der Waals surface area contributed by atoms with E-state index in [-0.39, 0.29) is 60.0 Å². The second-order valence-electron chi connectivity index (χ2n) is 18.8. The predicted molar refractivity (Wildman–Crippen MR) is 210 cm³/mol. The Morgan fingerprint density at radius 3 is 2.35 bits per heavy atom. The maximum absolute atomic E-state index is 12.5. The minimum Gasteiger partial charge on any atom is -0.497 e. The summed E-state index contributed by atoms with van der Waals surface area (Å²) >= 11 is 0. The number of methoxy groups -OCH3 is 3. The van der Waals surface area contributed by atoms with Gasteiger partial charge in [0.05, 0.1) is 74.1 Å². The highest BCUT2D eigenvalue weighted by molar-refractivity contribution is 5.72. The first kappa shape index (κ1) is 43.2. The molecular weight excluding hydrogens is 732 g/mol. The Balaban J connectivity index is 1.02. The first-order valence-corrected chi connectivity index (χ1v) is 21.7. The van der Waals surface area contributed by atoms with Crippen LogP contribution in [0.1, 0.15) is 119 Å². The molecule has 6 fully saturated rings. The summed E-state index contributed by atoms with van der Waals surface area (Å²) in [5.74, 6) is -1.54. The Bertz CT molecular complexity index is 1540. The molecule has 1 unspecified atom stereocenters. The minimum atomic E-state index is -0.963.